The summed E-state index contributed by atoms with van der Waals surface area (Å²) in [5.41, 5.74) is 5.40. The second kappa shape index (κ2) is 29.8. The first-order valence-corrected chi connectivity index (χ1v) is 26.4. The number of nitrogens with zero attached hydrogens (tertiary/aromatic N) is 5. The number of sulfonamides is 1. The number of aromatic nitrogens is 4. The summed E-state index contributed by atoms with van der Waals surface area (Å²) in [6.07, 6.45) is 32.6. The Bertz CT molecular complexity index is 2000. The summed E-state index contributed by atoms with van der Waals surface area (Å²) in [6.45, 7) is 8.73. The minimum absolute atomic E-state index is 0.362. The number of hydrogen-bond acceptors (Lipinski definition) is 8. The predicted octanol–water partition coefficient (Wildman–Crippen LogP) is 14.0. The Kier molecular flexibility index (Phi) is 23.5. The highest BCUT2D eigenvalue weighted by atomic mass is 32.2. The first-order chi connectivity index (χ1) is 31.9. The van der Waals surface area contributed by atoms with Crippen LogP contribution in [0.15, 0.2) is 102 Å². The number of hydrogen-bond donors (Lipinski definition) is 0. The predicted molar refractivity (Wildman–Crippen MR) is 267 cm³/mol. The number of benzene rings is 3. The van der Waals surface area contributed by atoms with E-state index < -0.39 is 10.0 Å². The fourth-order valence-electron chi connectivity index (χ4n) is 7.96. The third-order valence-corrected chi connectivity index (χ3v) is 14.0. The summed E-state index contributed by atoms with van der Waals surface area (Å²) < 4.78 is 41.3. The lowest BCUT2D eigenvalue weighted by Gasteiger charge is -2.22. The molecule has 0 saturated carbocycles. The van der Waals surface area contributed by atoms with Gasteiger partial charge in [-0.1, -0.05) is 121 Å². The zero-order valence-electron chi connectivity index (χ0n) is 39.9. The first-order valence-electron chi connectivity index (χ1n) is 25.0. The van der Waals surface area contributed by atoms with Gasteiger partial charge in [0.2, 0.25) is 10.0 Å². The van der Waals surface area contributed by atoms with Gasteiger partial charge in [-0.2, -0.15) is 4.31 Å². The van der Waals surface area contributed by atoms with Crippen LogP contribution in [0.3, 0.4) is 0 Å². The molecule has 9 nitrogen and oxygen atoms in total. The standard InChI is InChI=1S/C55H77N5O4S/c1-4-6-8-10-12-18-24-47-42-56-54(57-43-47)49-28-32-51(33-29-49)63-40-22-16-14-20-38-60(65(61,62)53-36-26-46(3)27-37-53)39-21-15-17-23-41-64-52-34-30-50(31-35-52)55-58-44-48(45-59-55)25-19-13-11-9-7-5-2/h26-37,42-45H,4-25,38-41H2,1-3H3. The van der Waals surface area contributed by atoms with Gasteiger partial charge in [0.25, 0.3) is 0 Å². The Morgan fingerprint density at radius 1 is 0.446 bits per heavy atom. The molecular formula is C55H77N5O4S. The van der Waals surface area contributed by atoms with Crippen molar-refractivity contribution in [1.29, 1.82) is 0 Å². The van der Waals surface area contributed by atoms with Crippen LogP contribution in [-0.4, -0.2) is 59.0 Å². The maximum absolute atomic E-state index is 13.8. The van der Waals surface area contributed by atoms with E-state index in [1.54, 1.807) is 16.4 Å². The average Bonchev–Trinajstić information content (AvgIpc) is 3.33. The molecule has 0 unspecified atom stereocenters. The zero-order valence-corrected chi connectivity index (χ0v) is 40.7. The number of rotatable bonds is 34. The third kappa shape index (κ3) is 19.0. The van der Waals surface area contributed by atoms with E-state index in [1.807, 2.05) is 92.4 Å². The van der Waals surface area contributed by atoms with Crippen LogP contribution in [0.1, 0.15) is 159 Å². The van der Waals surface area contributed by atoms with Crippen LogP contribution < -0.4 is 9.47 Å². The van der Waals surface area contributed by atoms with Gasteiger partial charge in [-0.3, -0.25) is 0 Å². The van der Waals surface area contributed by atoms with Gasteiger partial charge in [0.15, 0.2) is 11.6 Å². The van der Waals surface area contributed by atoms with E-state index in [-0.39, 0.29) is 0 Å². The molecule has 0 N–H and O–H groups in total. The van der Waals surface area contributed by atoms with Crippen LogP contribution >= 0.6 is 0 Å². The summed E-state index contributed by atoms with van der Waals surface area (Å²) in [5.74, 6) is 3.12. The highest BCUT2D eigenvalue weighted by molar-refractivity contribution is 7.89. The van der Waals surface area contributed by atoms with Crippen molar-refractivity contribution in [3.8, 4) is 34.3 Å². The van der Waals surface area contributed by atoms with E-state index >= 15 is 0 Å². The highest BCUT2D eigenvalue weighted by Crippen LogP contribution is 2.23. The Morgan fingerprint density at radius 3 is 1.23 bits per heavy atom. The largest absolute Gasteiger partial charge is 0.494 e. The second-order valence-electron chi connectivity index (χ2n) is 17.7. The van der Waals surface area contributed by atoms with Gasteiger partial charge in [-0.25, -0.2) is 28.4 Å². The molecule has 2 aromatic heterocycles. The van der Waals surface area contributed by atoms with Crippen LogP contribution in [0.2, 0.25) is 0 Å². The summed E-state index contributed by atoms with van der Waals surface area (Å²) in [5, 5.41) is 0. The van der Waals surface area contributed by atoms with Crippen molar-refractivity contribution in [2.75, 3.05) is 26.3 Å². The molecule has 0 aliphatic heterocycles. The molecule has 0 spiro atoms. The lowest BCUT2D eigenvalue weighted by atomic mass is 10.1. The minimum atomic E-state index is -3.59. The second-order valence-corrected chi connectivity index (χ2v) is 19.6. The molecule has 0 saturated heterocycles. The Morgan fingerprint density at radius 2 is 0.815 bits per heavy atom. The first kappa shape index (κ1) is 51.3. The highest BCUT2D eigenvalue weighted by Gasteiger charge is 2.23. The van der Waals surface area contributed by atoms with Gasteiger partial charge in [0.05, 0.1) is 18.1 Å². The van der Waals surface area contributed by atoms with E-state index in [2.05, 4.69) is 33.8 Å². The maximum Gasteiger partial charge on any atom is 0.243 e. The van der Waals surface area contributed by atoms with Gasteiger partial charge in [0.1, 0.15) is 11.5 Å². The van der Waals surface area contributed by atoms with Crippen molar-refractivity contribution in [3.05, 3.63) is 114 Å². The maximum atomic E-state index is 13.8. The smallest absolute Gasteiger partial charge is 0.243 e. The van der Waals surface area contributed by atoms with Crippen molar-refractivity contribution in [2.24, 2.45) is 0 Å². The molecule has 2 heterocycles. The van der Waals surface area contributed by atoms with Gasteiger partial charge in [0, 0.05) is 49.0 Å². The number of unbranched alkanes of at least 4 members (excludes halogenated alkanes) is 16. The summed E-state index contributed by atoms with van der Waals surface area (Å²) in [4.78, 5) is 18.8. The molecule has 0 radical (unpaired) electrons. The Hall–Kier alpha value is -4.67. The van der Waals surface area contributed by atoms with Crippen LogP contribution in [0.4, 0.5) is 0 Å². The number of aryl methyl sites for hydroxylation is 3. The van der Waals surface area contributed by atoms with Gasteiger partial charge in [-0.15, -0.1) is 0 Å². The van der Waals surface area contributed by atoms with Crippen LogP contribution in [0.25, 0.3) is 22.8 Å². The van der Waals surface area contributed by atoms with Crippen molar-refractivity contribution < 1.29 is 17.9 Å². The molecule has 0 atom stereocenters. The van der Waals surface area contributed by atoms with Crippen LogP contribution in [0.5, 0.6) is 11.5 Å². The van der Waals surface area contributed by atoms with Crippen LogP contribution in [0, 0.1) is 6.92 Å². The van der Waals surface area contributed by atoms with Crippen molar-refractivity contribution in [2.45, 2.75) is 167 Å². The summed E-state index contributed by atoms with van der Waals surface area (Å²) in [6, 6.07) is 23.2. The molecule has 0 aliphatic rings. The van der Waals surface area contributed by atoms with E-state index in [4.69, 9.17) is 9.47 Å². The summed E-state index contributed by atoms with van der Waals surface area (Å²) in [7, 11) is -3.59. The molecule has 65 heavy (non-hydrogen) atoms. The lowest BCUT2D eigenvalue weighted by Crippen LogP contribution is -2.33. The van der Waals surface area contributed by atoms with E-state index in [9.17, 15) is 8.42 Å². The van der Waals surface area contributed by atoms with Gasteiger partial charge < -0.3 is 9.47 Å². The molecule has 352 valence electrons. The molecule has 0 aliphatic carbocycles. The number of ether oxygens (including phenoxy) is 2. The zero-order chi connectivity index (χ0) is 45.8. The molecule has 5 rings (SSSR count). The van der Waals surface area contributed by atoms with E-state index in [0.29, 0.717) is 31.2 Å². The van der Waals surface area contributed by atoms with E-state index in [0.717, 1.165) is 104 Å². The normalized spacial score (nSPS) is 11.6. The fourth-order valence-corrected chi connectivity index (χ4v) is 9.48. The van der Waals surface area contributed by atoms with Crippen molar-refractivity contribution in [3.63, 3.8) is 0 Å². The third-order valence-electron chi connectivity index (χ3n) is 12.1. The fraction of sp³-hybridized carbons (Fsp3) is 0.527. The Balaban J connectivity index is 0.962. The minimum Gasteiger partial charge on any atom is -0.494 e. The topological polar surface area (TPSA) is 107 Å². The van der Waals surface area contributed by atoms with Crippen molar-refractivity contribution >= 4 is 10.0 Å². The van der Waals surface area contributed by atoms with Gasteiger partial charge >= 0.3 is 0 Å². The average molecular weight is 904 g/mol. The molecule has 10 heteroatoms. The monoisotopic (exact) mass is 904 g/mol. The van der Waals surface area contributed by atoms with Crippen molar-refractivity contribution in [1.82, 2.24) is 24.2 Å². The van der Waals surface area contributed by atoms with E-state index in [1.165, 1.54) is 88.2 Å². The summed E-state index contributed by atoms with van der Waals surface area (Å²) >= 11 is 0. The van der Waals surface area contributed by atoms with Crippen LogP contribution in [-0.2, 0) is 22.9 Å². The molecule has 3 aromatic carbocycles. The molecule has 0 fully saturated rings. The SMILES string of the molecule is CCCCCCCCc1cnc(-c2ccc(OCCCCCCN(CCCCCCOc3ccc(-c4ncc(CCCCCCCC)cn4)cc3)S(=O)(=O)c3ccc(C)cc3)cc2)nc1. The Labute approximate surface area is 392 Å². The molecular weight excluding hydrogens is 827 g/mol. The molecule has 0 amide bonds. The molecule has 0 bridgehead atoms. The molecule has 5 aromatic rings. The van der Waals surface area contributed by atoms with Gasteiger partial charge in [-0.05, 0) is 130 Å². The quantitative estimate of drug-likeness (QED) is 0.0376. The lowest BCUT2D eigenvalue weighted by molar-refractivity contribution is 0.300.